The minimum Gasteiger partial charge on any atom is -0.465 e. The third kappa shape index (κ3) is 2.88. The Kier molecular flexibility index (Phi) is 3.66. The second kappa shape index (κ2) is 5.59. The Balaban J connectivity index is 1.46. The van der Waals surface area contributed by atoms with E-state index in [9.17, 15) is 4.79 Å². The van der Waals surface area contributed by atoms with Crippen molar-refractivity contribution in [1.82, 2.24) is 15.1 Å². The Morgan fingerprint density at radius 2 is 2.16 bits per heavy atom. The summed E-state index contributed by atoms with van der Waals surface area (Å²) in [6, 6.07) is 4.19. The Morgan fingerprint density at radius 1 is 1.37 bits per heavy atom. The summed E-state index contributed by atoms with van der Waals surface area (Å²) >= 11 is 0. The van der Waals surface area contributed by atoms with Crippen LogP contribution in [0.3, 0.4) is 0 Å². The highest BCUT2D eigenvalue weighted by Crippen LogP contribution is 2.16. The molecule has 0 aromatic carbocycles. The molecule has 2 saturated heterocycles. The molecule has 0 radical (unpaired) electrons. The van der Waals surface area contributed by atoms with Gasteiger partial charge in [0, 0.05) is 51.4 Å². The van der Waals surface area contributed by atoms with E-state index < -0.39 is 0 Å². The third-order valence-corrected chi connectivity index (χ3v) is 3.78. The molecule has 0 atom stereocenters. The van der Waals surface area contributed by atoms with Gasteiger partial charge in [-0.1, -0.05) is 0 Å². The Labute approximate surface area is 112 Å². The molecule has 3 rings (SSSR count). The maximum atomic E-state index is 11.9. The highest BCUT2D eigenvalue weighted by molar-refractivity contribution is 5.92. The summed E-state index contributed by atoms with van der Waals surface area (Å²) < 4.78 is 5.16. The molecule has 0 aliphatic carbocycles. The minimum atomic E-state index is 0.0720. The summed E-state index contributed by atoms with van der Waals surface area (Å²) in [5, 5.41) is 3.34. The number of hydrogen-bond donors (Lipinski definition) is 1. The number of carbonyl (C=O) groups is 1. The van der Waals surface area contributed by atoms with Crippen LogP contribution in [0.2, 0.25) is 0 Å². The van der Waals surface area contributed by atoms with E-state index in [4.69, 9.17) is 4.42 Å². The first-order valence-corrected chi connectivity index (χ1v) is 6.78. The van der Waals surface area contributed by atoms with Crippen LogP contribution in [0, 0.1) is 0 Å². The summed E-state index contributed by atoms with van der Waals surface area (Å²) in [5.74, 6) is 0.787. The van der Waals surface area contributed by atoms with Crippen molar-refractivity contribution in [3.05, 3.63) is 30.2 Å². The molecule has 3 heterocycles. The second-order valence-electron chi connectivity index (χ2n) is 5.03. The normalized spacial score (nSPS) is 21.8. The van der Waals surface area contributed by atoms with Crippen molar-refractivity contribution in [2.45, 2.75) is 6.04 Å². The maximum absolute atomic E-state index is 11.9. The molecule has 2 fully saturated rings. The van der Waals surface area contributed by atoms with Crippen LogP contribution >= 0.6 is 0 Å². The molecule has 1 amide bonds. The molecular weight excluding hydrogens is 242 g/mol. The van der Waals surface area contributed by atoms with Crippen LogP contribution in [0.4, 0.5) is 0 Å². The largest absolute Gasteiger partial charge is 0.465 e. The van der Waals surface area contributed by atoms with Gasteiger partial charge in [-0.25, -0.2) is 0 Å². The summed E-state index contributed by atoms with van der Waals surface area (Å²) in [6.45, 7) is 6.00. The van der Waals surface area contributed by atoms with E-state index in [-0.39, 0.29) is 5.91 Å². The van der Waals surface area contributed by atoms with Crippen LogP contribution in [-0.2, 0) is 4.79 Å². The monoisotopic (exact) mass is 261 g/mol. The molecule has 1 N–H and O–H groups in total. The van der Waals surface area contributed by atoms with Gasteiger partial charge in [-0.15, -0.1) is 0 Å². The molecule has 1 aromatic heterocycles. The maximum Gasteiger partial charge on any atom is 0.246 e. The number of likely N-dealkylation sites (tertiary alicyclic amines) is 1. The number of piperazine rings is 1. The molecule has 5 nitrogen and oxygen atoms in total. The van der Waals surface area contributed by atoms with Crippen LogP contribution in [0.1, 0.15) is 5.76 Å². The van der Waals surface area contributed by atoms with Crippen molar-refractivity contribution in [3.63, 3.8) is 0 Å². The molecule has 19 heavy (non-hydrogen) atoms. The predicted molar refractivity (Wildman–Crippen MR) is 72.6 cm³/mol. The standard InChI is InChI=1S/C14H19N3O2/c18-14(4-3-13-2-1-9-19-13)17-10-12(11-17)16-7-5-15-6-8-16/h1-4,9,12,15H,5-8,10-11H2. The molecule has 5 heteroatoms. The smallest absolute Gasteiger partial charge is 0.246 e. The molecule has 0 bridgehead atoms. The number of hydrogen-bond acceptors (Lipinski definition) is 4. The van der Waals surface area contributed by atoms with Gasteiger partial charge in [0.25, 0.3) is 0 Å². The van der Waals surface area contributed by atoms with Crippen LogP contribution in [0.5, 0.6) is 0 Å². The minimum absolute atomic E-state index is 0.0720. The molecule has 0 saturated carbocycles. The van der Waals surface area contributed by atoms with E-state index in [0.717, 1.165) is 39.3 Å². The fourth-order valence-electron chi connectivity index (χ4n) is 2.56. The molecule has 1 aromatic rings. The number of nitrogens with zero attached hydrogens (tertiary/aromatic N) is 2. The molecule has 2 aliphatic rings. The second-order valence-corrected chi connectivity index (χ2v) is 5.03. The number of carbonyl (C=O) groups excluding carboxylic acids is 1. The topological polar surface area (TPSA) is 48.7 Å². The van der Waals surface area contributed by atoms with E-state index in [1.165, 1.54) is 0 Å². The summed E-state index contributed by atoms with van der Waals surface area (Å²) in [7, 11) is 0. The first kappa shape index (κ1) is 12.4. The van der Waals surface area contributed by atoms with Gasteiger partial charge in [-0.3, -0.25) is 9.69 Å². The Hall–Kier alpha value is -1.59. The zero-order valence-electron chi connectivity index (χ0n) is 10.9. The van der Waals surface area contributed by atoms with E-state index in [0.29, 0.717) is 11.8 Å². The number of rotatable bonds is 3. The van der Waals surface area contributed by atoms with Crippen LogP contribution in [-0.4, -0.2) is 61.0 Å². The zero-order chi connectivity index (χ0) is 13.1. The molecular formula is C14H19N3O2. The van der Waals surface area contributed by atoms with E-state index in [2.05, 4.69) is 10.2 Å². The van der Waals surface area contributed by atoms with E-state index in [1.807, 2.05) is 17.0 Å². The van der Waals surface area contributed by atoms with Crippen molar-refractivity contribution in [2.75, 3.05) is 39.3 Å². The van der Waals surface area contributed by atoms with Crippen molar-refractivity contribution in [3.8, 4) is 0 Å². The Bertz CT molecular complexity index is 443. The highest BCUT2D eigenvalue weighted by atomic mass is 16.3. The van der Waals surface area contributed by atoms with Gasteiger partial charge < -0.3 is 14.6 Å². The fourth-order valence-corrected chi connectivity index (χ4v) is 2.56. The average molecular weight is 261 g/mol. The van der Waals surface area contributed by atoms with Crippen molar-refractivity contribution < 1.29 is 9.21 Å². The lowest BCUT2D eigenvalue weighted by atomic mass is 10.1. The van der Waals surface area contributed by atoms with Crippen molar-refractivity contribution in [2.24, 2.45) is 0 Å². The average Bonchev–Trinajstić information content (AvgIpc) is 2.89. The predicted octanol–water partition coefficient (Wildman–Crippen LogP) is 0.409. The summed E-state index contributed by atoms with van der Waals surface area (Å²) in [6.07, 6.45) is 4.92. The van der Waals surface area contributed by atoms with E-state index >= 15 is 0 Å². The lowest BCUT2D eigenvalue weighted by Crippen LogP contribution is -2.63. The number of nitrogens with one attached hydrogen (secondary N) is 1. The van der Waals surface area contributed by atoms with Gasteiger partial charge >= 0.3 is 0 Å². The first-order chi connectivity index (χ1) is 9.33. The molecule has 2 aliphatic heterocycles. The summed E-state index contributed by atoms with van der Waals surface area (Å²) in [5.41, 5.74) is 0. The lowest BCUT2D eigenvalue weighted by molar-refractivity contribution is -0.133. The van der Waals surface area contributed by atoms with Crippen LogP contribution < -0.4 is 5.32 Å². The lowest BCUT2D eigenvalue weighted by Gasteiger charge is -2.46. The fraction of sp³-hybridized carbons (Fsp3) is 0.500. The third-order valence-electron chi connectivity index (χ3n) is 3.78. The van der Waals surface area contributed by atoms with Gasteiger partial charge in [-0.2, -0.15) is 0 Å². The van der Waals surface area contributed by atoms with Crippen LogP contribution in [0.15, 0.2) is 28.9 Å². The highest BCUT2D eigenvalue weighted by Gasteiger charge is 2.34. The molecule has 0 unspecified atom stereocenters. The quantitative estimate of drug-likeness (QED) is 0.801. The van der Waals surface area contributed by atoms with Gasteiger partial charge in [-0.05, 0) is 18.2 Å². The van der Waals surface area contributed by atoms with E-state index in [1.54, 1.807) is 18.4 Å². The first-order valence-electron chi connectivity index (χ1n) is 6.78. The van der Waals surface area contributed by atoms with Gasteiger partial charge in [0.1, 0.15) is 5.76 Å². The van der Waals surface area contributed by atoms with Gasteiger partial charge in [0.15, 0.2) is 0 Å². The van der Waals surface area contributed by atoms with Crippen molar-refractivity contribution >= 4 is 12.0 Å². The zero-order valence-corrected chi connectivity index (χ0v) is 10.9. The SMILES string of the molecule is O=C(C=Cc1ccco1)N1CC(N2CCNCC2)C1. The number of amides is 1. The van der Waals surface area contributed by atoms with Crippen LogP contribution in [0.25, 0.3) is 6.08 Å². The van der Waals surface area contributed by atoms with Gasteiger partial charge in [0.05, 0.1) is 6.26 Å². The molecule has 0 spiro atoms. The van der Waals surface area contributed by atoms with Gasteiger partial charge in [0.2, 0.25) is 5.91 Å². The summed E-state index contributed by atoms with van der Waals surface area (Å²) in [4.78, 5) is 16.3. The number of furan rings is 1. The van der Waals surface area contributed by atoms with Crippen molar-refractivity contribution in [1.29, 1.82) is 0 Å². The Morgan fingerprint density at radius 3 is 2.84 bits per heavy atom. The molecule has 102 valence electrons.